The molecule has 1 N–H and O–H groups in total. The number of amides is 1. The molecule has 1 saturated heterocycles. The van der Waals surface area contributed by atoms with Gasteiger partial charge in [0.15, 0.2) is 0 Å². The van der Waals surface area contributed by atoms with Gasteiger partial charge in [-0.2, -0.15) is 0 Å². The fourth-order valence-corrected chi connectivity index (χ4v) is 4.72. The second-order valence-electron chi connectivity index (χ2n) is 7.19. The van der Waals surface area contributed by atoms with Gasteiger partial charge in [-0.25, -0.2) is 17.8 Å². The smallest absolute Gasteiger partial charge is 0.262 e. The molecule has 1 amide bonds. The van der Waals surface area contributed by atoms with E-state index in [4.69, 9.17) is 11.6 Å². The standard InChI is InChI=1S/C22H20ClFN4O3S/c23-18-9-8-16(32(30,31)26-20-6-2-1-5-19(20)24)15-17(18)22(29)28-13-11-27(12-14-28)21-7-3-4-10-25-21/h1-10,15,26H,11-14H2. The number of piperazine rings is 1. The Morgan fingerprint density at radius 1 is 1.00 bits per heavy atom. The fourth-order valence-electron chi connectivity index (χ4n) is 3.43. The van der Waals surface area contributed by atoms with Crippen LogP contribution in [0.15, 0.2) is 71.8 Å². The van der Waals surface area contributed by atoms with Gasteiger partial charge in [0.1, 0.15) is 11.6 Å². The molecule has 10 heteroatoms. The third-order valence-electron chi connectivity index (χ3n) is 5.14. The maximum Gasteiger partial charge on any atom is 0.262 e. The fraction of sp³-hybridized carbons (Fsp3) is 0.182. The molecule has 1 fully saturated rings. The Morgan fingerprint density at radius 2 is 1.72 bits per heavy atom. The molecule has 0 spiro atoms. The monoisotopic (exact) mass is 474 g/mol. The van der Waals surface area contributed by atoms with Crippen LogP contribution in [0, 0.1) is 5.82 Å². The zero-order valence-corrected chi connectivity index (χ0v) is 18.5. The third kappa shape index (κ3) is 4.68. The first-order chi connectivity index (χ1) is 15.3. The van der Waals surface area contributed by atoms with E-state index in [0.29, 0.717) is 26.2 Å². The Labute approximate surface area is 190 Å². The molecule has 2 heterocycles. The molecule has 0 radical (unpaired) electrons. The Morgan fingerprint density at radius 3 is 2.41 bits per heavy atom. The number of para-hydroxylation sites is 1. The normalized spacial score (nSPS) is 14.3. The number of benzene rings is 2. The zero-order valence-electron chi connectivity index (χ0n) is 16.9. The predicted molar refractivity (Wildman–Crippen MR) is 121 cm³/mol. The molecule has 3 aromatic rings. The summed E-state index contributed by atoms with van der Waals surface area (Å²) >= 11 is 6.23. The highest BCUT2D eigenvalue weighted by Crippen LogP contribution is 2.25. The van der Waals surface area contributed by atoms with Crippen LogP contribution in [0.3, 0.4) is 0 Å². The van der Waals surface area contributed by atoms with Gasteiger partial charge in [-0.1, -0.05) is 29.8 Å². The summed E-state index contributed by atoms with van der Waals surface area (Å²) in [5, 5.41) is 0.145. The van der Waals surface area contributed by atoms with Crippen LogP contribution < -0.4 is 9.62 Å². The third-order valence-corrected chi connectivity index (χ3v) is 6.83. The highest BCUT2D eigenvalue weighted by Gasteiger charge is 2.26. The lowest BCUT2D eigenvalue weighted by molar-refractivity contribution is 0.0746. The second-order valence-corrected chi connectivity index (χ2v) is 9.28. The van der Waals surface area contributed by atoms with Crippen LogP contribution in [0.2, 0.25) is 5.02 Å². The molecular weight excluding hydrogens is 455 g/mol. The van der Waals surface area contributed by atoms with Crippen molar-refractivity contribution in [2.24, 2.45) is 0 Å². The summed E-state index contributed by atoms with van der Waals surface area (Å²) in [4.78, 5) is 20.9. The Kier molecular flexibility index (Phi) is 6.29. The van der Waals surface area contributed by atoms with Crippen LogP contribution in [-0.4, -0.2) is 50.4 Å². The number of carbonyl (C=O) groups excluding carboxylic acids is 1. The molecule has 1 aliphatic rings. The first kappa shape index (κ1) is 22.0. The van der Waals surface area contributed by atoms with E-state index < -0.39 is 15.8 Å². The first-order valence-corrected chi connectivity index (χ1v) is 11.7. The molecule has 0 bridgehead atoms. The number of pyridine rings is 1. The van der Waals surface area contributed by atoms with Crippen molar-refractivity contribution in [3.8, 4) is 0 Å². The molecule has 0 saturated carbocycles. The quantitative estimate of drug-likeness (QED) is 0.610. The number of nitrogens with one attached hydrogen (secondary N) is 1. The molecule has 1 aromatic heterocycles. The maximum absolute atomic E-state index is 13.9. The topological polar surface area (TPSA) is 82.6 Å². The van der Waals surface area contributed by atoms with Crippen molar-refractivity contribution >= 4 is 39.0 Å². The van der Waals surface area contributed by atoms with Crippen LogP contribution in [0.4, 0.5) is 15.9 Å². The van der Waals surface area contributed by atoms with Crippen LogP contribution in [-0.2, 0) is 10.0 Å². The van der Waals surface area contributed by atoms with Gasteiger partial charge >= 0.3 is 0 Å². The average Bonchev–Trinajstić information content (AvgIpc) is 2.81. The van der Waals surface area contributed by atoms with Crippen molar-refractivity contribution in [2.45, 2.75) is 4.90 Å². The minimum absolute atomic E-state index is 0.0781. The van der Waals surface area contributed by atoms with E-state index in [0.717, 1.165) is 11.9 Å². The number of aromatic nitrogens is 1. The number of hydrogen-bond donors (Lipinski definition) is 1. The lowest BCUT2D eigenvalue weighted by Gasteiger charge is -2.35. The molecule has 1 aliphatic heterocycles. The molecule has 166 valence electrons. The van der Waals surface area contributed by atoms with Crippen molar-refractivity contribution < 1.29 is 17.6 Å². The van der Waals surface area contributed by atoms with Gasteiger partial charge in [-0.3, -0.25) is 9.52 Å². The molecule has 2 aromatic carbocycles. The Hall–Kier alpha value is -3.17. The summed E-state index contributed by atoms with van der Waals surface area (Å²) in [7, 11) is -4.12. The molecule has 32 heavy (non-hydrogen) atoms. The highest BCUT2D eigenvalue weighted by molar-refractivity contribution is 7.92. The van der Waals surface area contributed by atoms with Gasteiger partial charge in [-0.05, 0) is 42.5 Å². The lowest BCUT2D eigenvalue weighted by atomic mass is 10.1. The van der Waals surface area contributed by atoms with E-state index in [1.54, 1.807) is 11.1 Å². The van der Waals surface area contributed by atoms with E-state index in [2.05, 4.69) is 14.6 Å². The SMILES string of the molecule is O=C(c1cc(S(=O)(=O)Nc2ccccc2F)ccc1Cl)N1CCN(c2ccccn2)CC1. The number of halogens is 2. The van der Waals surface area contributed by atoms with Crippen LogP contribution in [0.25, 0.3) is 0 Å². The van der Waals surface area contributed by atoms with Crippen molar-refractivity contribution in [1.29, 1.82) is 0 Å². The van der Waals surface area contributed by atoms with E-state index in [1.807, 2.05) is 18.2 Å². The van der Waals surface area contributed by atoms with Gasteiger partial charge in [0.2, 0.25) is 0 Å². The number of nitrogens with zero attached hydrogens (tertiary/aromatic N) is 3. The van der Waals surface area contributed by atoms with Crippen LogP contribution >= 0.6 is 11.6 Å². The molecule has 7 nitrogen and oxygen atoms in total. The van der Waals surface area contributed by atoms with Crippen LogP contribution in [0.1, 0.15) is 10.4 Å². The Bertz CT molecular complexity index is 1230. The highest BCUT2D eigenvalue weighted by atomic mass is 35.5. The maximum atomic E-state index is 13.9. The lowest BCUT2D eigenvalue weighted by Crippen LogP contribution is -2.49. The van der Waals surface area contributed by atoms with Gasteiger partial charge in [-0.15, -0.1) is 0 Å². The molecule has 4 rings (SSSR count). The van der Waals surface area contributed by atoms with Gasteiger partial charge < -0.3 is 9.80 Å². The minimum Gasteiger partial charge on any atom is -0.353 e. The molecular formula is C22H20ClFN4O3S. The number of hydrogen-bond acceptors (Lipinski definition) is 5. The van der Waals surface area contributed by atoms with Crippen LogP contribution in [0.5, 0.6) is 0 Å². The van der Waals surface area contributed by atoms with E-state index in [9.17, 15) is 17.6 Å². The number of carbonyl (C=O) groups is 1. The number of anilines is 2. The number of sulfonamides is 1. The molecule has 0 atom stereocenters. The molecule has 0 aliphatic carbocycles. The van der Waals surface area contributed by atoms with E-state index >= 15 is 0 Å². The van der Waals surface area contributed by atoms with Crippen molar-refractivity contribution in [1.82, 2.24) is 9.88 Å². The van der Waals surface area contributed by atoms with Crippen molar-refractivity contribution in [3.63, 3.8) is 0 Å². The summed E-state index contributed by atoms with van der Waals surface area (Å²) in [6.45, 7) is 2.06. The second kappa shape index (κ2) is 9.13. The van der Waals surface area contributed by atoms with Crippen molar-refractivity contribution in [2.75, 3.05) is 35.8 Å². The summed E-state index contributed by atoms with van der Waals surface area (Å²) < 4.78 is 41.6. The van der Waals surface area contributed by atoms with Gasteiger partial charge in [0.05, 0.1) is 21.2 Å². The zero-order chi connectivity index (χ0) is 22.7. The average molecular weight is 475 g/mol. The van der Waals surface area contributed by atoms with Gasteiger partial charge in [0, 0.05) is 32.4 Å². The number of rotatable bonds is 5. The largest absolute Gasteiger partial charge is 0.353 e. The minimum atomic E-state index is -4.12. The summed E-state index contributed by atoms with van der Waals surface area (Å²) in [5.74, 6) is -0.226. The van der Waals surface area contributed by atoms with E-state index in [-0.39, 0.29) is 27.1 Å². The predicted octanol–water partition coefficient (Wildman–Crippen LogP) is 3.64. The summed E-state index contributed by atoms with van der Waals surface area (Å²) in [5.41, 5.74) is -0.102. The van der Waals surface area contributed by atoms with Crippen molar-refractivity contribution in [3.05, 3.63) is 83.3 Å². The van der Waals surface area contributed by atoms with E-state index in [1.165, 1.54) is 36.4 Å². The molecule has 0 unspecified atom stereocenters. The summed E-state index contributed by atoms with van der Waals surface area (Å²) in [6, 6.07) is 15.0. The summed E-state index contributed by atoms with van der Waals surface area (Å²) in [6.07, 6.45) is 1.72. The Balaban J connectivity index is 1.51. The first-order valence-electron chi connectivity index (χ1n) is 9.87. The van der Waals surface area contributed by atoms with Gasteiger partial charge in [0.25, 0.3) is 15.9 Å².